The molecule has 1 atom stereocenters. The summed E-state index contributed by atoms with van der Waals surface area (Å²) in [4.78, 5) is 26.4. The van der Waals surface area contributed by atoms with Crippen molar-refractivity contribution in [1.29, 1.82) is 0 Å². The van der Waals surface area contributed by atoms with Crippen LogP contribution in [0.4, 0.5) is 32.0 Å². The smallest absolute Gasteiger partial charge is 0.416 e. The number of hydrogen-bond donors (Lipinski definition) is 2. The molecule has 0 radical (unpaired) electrons. The first kappa shape index (κ1) is 27.2. The van der Waals surface area contributed by atoms with E-state index < -0.39 is 64.7 Å². The third-order valence-electron chi connectivity index (χ3n) is 5.95. The molecule has 38 heavy (non-hydrogen) atoms. The average molecular weight is 545 g/mol. The lowest BCUT2D eigenvalue weighted by atomic mass is 9.95. The fourth-order valence-corrected chi connectivity index (χ4v) is 3.89. The molecule has 0 saturated carbocycles. The maximum absolute atomic E-state index is 13.9. The minimum Gasteiger partial charge on any atom is -0.416 e. The highest BCUT2D eigenvalue weighted by molar-refractivity contribution is 5.95. The molecular formula is C22H21F6N7O3. The summed E-state index contributed by atoms with van der Waals surface area (Å²) in [6.07, 6.45) is -8.34. The summed E-state index contributed by atoms with van der Waals surface area (Å²) in [7, 11) is 0. The van der Waals surface area contributed by atoms with Crippen LogP contribution in [-0.2, 0) is 18.3 Å². The SMILES string of the molecule is Cc1cnc(CN2CCCCC[C@](O)(C(F)(F)F)c3nnc(o3)-c3nc(c(C(F)(F)F)cc3N)C2=O)cn1. The third kappa shape index (κ3) is 5.25. The van der Waals surface area contributed by atoms with Gasteiger partial charge < -0.3 is 20.2 Å². The quantitative estimate of drug-likeness (QED) is 0.460. The van der Waals surface area contributed by atoms with Crippen LogP contribution in [0.3, 0.4) is 0 Å². The van der Waals surface area contributed by atoms with Crippen molar-refractivity contribution in [1.82, 2.24) is 30.0 Å². The standard InChI is InChI=1S/C22H21F6N7O3/c1-11-8-31-12(9-30-11)10-35-6-4-2-3-5-20(37,22(26,27)28)19-34-33-17(38-19)16-14(29)7-13(21(23,24)25)15(32-16)18(35)36/h7-9,37H,2-6,10,29H2,1H3/t20-/m1/s1. The van der Waals surface area contributed by atoms with Crippen LogP contribution in [-0.4, -0.2) is 53.8 Å². The van der Waals surface area contributed by atoms with Gasteiger partial charge in [-0.3, -0.25) is 14.8 Å². The van der Waals surface area contributed by atoms with Crippen molar-refractivity contribution < 1.29 is 40.7 Å². The number of nitrogen functional groups attached to an aromatic ring is 1. The Kier molecular flexibility index (Phi) is 7.03. The second-order valence-electron chi connectivity index (χ2n) is 8.78. The zero-order valence-electron chi connectivity index (χ0n) is 19.8. The lowest BCUT2D eigenvalue weighted by molar-refractivity contribution is -0.277. The first-order chi connectivity index (χ1) is 17.7. The fourth-order valence-electron chi connectivity index (χ4n) is 3.89. The Morgan fingerprint density at radius 3 is 2.45 bits per heavy atom. The number of amides is 1. The summed E-state index contributed by atoms with van der Waals surface area (Å²) < 4.78 is 88.2. The van der Waals surface area contributed by atoms with Gasteiger partial charge in [0, 0.05) is 12.7 Å². The highest BCUT2D eigenvalue weighted by atomic mass is 19.4. The minimum absolute atomic E-state index is 0.0787. The Labute approximate surface area is 210 Å². The minimum atomic E-state index is -5.20. The van der Waals surface area contributed by atoms with Crippen LogP contribution in [0.15, 0.2) is 22.9 Å². The van der Waals surface area contributed by atoms with Gasteiger partial charge in [-0.05, 0) is 32.3 Å². The number of aromatic nitrogens is 5. The van der Waals surface area contributed by atoms with Crippen LogP contribution < -0.4 is 5.73 Å². The first-order valence-electron chi connectivity index (χ1n) is 11.3. The van der Waals surface area contributed by atoms with E-state index in [1.165, 1.54) is 12.4 Å². The van der Waals surface area contributed by atoms with Gasteiger partial charge in [-0.2, -0.15) is 26.3 Å². The van der Waals surface area contributed by atoms with Crippen LogP contribution in [0.1, 0.15) is 59.0 Å². The molecular weight excluding hydrogens is 524 g/mol. The van der Waals surface area contributed by atoms with Crippen LogP contribution >= 0.6 is 0 Å². The predicted molar refractivity (Wildman–Crippen MR) is 117 cm³/mol. The first-order valence-corrected chi connectivity index (χ1v) is 11.3. The summed E-state index contributed by atoms with van der Waals surface area (Å²) >= 11 is 0. The topological polar surface area (TPSA) is 144 Å². The monoisotopic (exact) mass is 545 g/mol. The number of aryl methyl sites for hydroxylation is 1. The molecule has 0 spiro atoms. The van der Waals surface area contributed by atoms with Crippen molar-refractivity contribution in [2.45, 2.75) is 57.1 Å². The van der Waals surface area contributed by atoms with E-state index in [-0.39, 0.29) is 38.0 Å². The molecule has 1 aliphatic heterocycles. The number of carbonyl (C=O) groups is 1. The molecule has 204 valence electrons. The molecule has 0 aliphatic carbocycles. The normalized spacial score (nSPS) is 19.4. The zero-order chi connectivity index (χ0) is 27.9. The van der Waals surface area contributed by atoms with Gasteiger partial charge in [-0.15, -0.1) is 10.2 Å². The number of hydrogen-bond acceptors (Lipinski definition) is 9. The Balaban J connectivity index is 1.87. The number of nitrogens with zero attached hydrogens (tertiary/aromatic N) is 6. The van der Waals surface area contributed by atoms with Crippen LogP contribution in [0, 0.1) is 6.92 Å². The highest BCUT2D eigenvalue weighted by Gasteiger charge is 2.58. The van der Waals surface area contributed by atoms with E-state index in [4.69, 9.17) is 10.2 Å². The van der Waals surface area contributed by atoms with Gasteiger partial charge in [0.15, 0.2) is 5.69 Å². The molecule has 3 aromatic rings. The predicted octanol–water partition coefficient (Wildman–Crippen LogP) is 3.80. The Morgan fingerprint density at radius 1 is 1.08 bits per heavy atom. The molecule has 1 aliphatic rings. The molecule has 0 saturated heterocycles. The van der Waals surface area contributed by atoms with Gasteiger partial charge in [-0.25, -0.2) is 4.98 Å². The second-order valence-corrected chi connectivity index (χ2v) is 8.78. The summed E-state index contributed by atoms with van der Waals surface area (Å²) in [5.41, 5.74) is -0.798. The maximum atomic E-state index is 13.9. The van der Waals surface area contributed by atoms with Gasteiger partial charge >= 0.3 is 12.4 Å². The number of halogens is 6. The lowest BCUT2D eigenvalue weighted by Gasteiger charge is -2.27. The maximum Gasteiger partial charge on any atom is 0.426 e. The average Bonchev–Trinajstić information content (AvgIpc) is 3.32. The van der Waals surface area contributed by atoms with E-state index in [1.54, 1.807) is 6.92 Å². The van der Waals surface area contributed by atoms with Crippen molar-refractivity contribution in [2.24, 2.45) is 0 Å². The Bertz CT molecular complexity index is 1330. The molecule has 4 heterocycles. The van der Waals surface area contributed by atoms with Crippen molar-refractivity contribution in [3.8, 4) is 11.6 Å². The number of nitrogens with two attached hydrogens (primary N) is 1. The van der Waals surface area contributed by atoms with E-state index in [0.29, 0.717) is 11.8 Å². The largest absolute Gasteiger partial charge is 0.426 e. The molecule has 1 amide bonds. The number of rotatable bonds is 2. The van der Waals surface area contributed by atoms with Crippen LogP contribution in [0.25, 0.3) is 11.6 Å². The van der Waals surface area contributed by atoms with Gasteiger partial charge in [0.25, 0.3) is 17.7 Å². The van der Waals surface area contributed by atoms with E-state index in [1.807, 2.05) is 0 Å². The van der Waals surface area contributed by atoms with Crippen LogP contribution in [0.2, 0.25) is 0 Å². The van der Waals surface area contributed by atoms with Crippen molar-refractivity contribution >= 4 is 11.6 Å². The van der Waals surface area contributed by atoms with E-state index >= 15 is 0 Å². The lowest BCUT2D eigenvalue weighted by Crippen LogP contribution is -2.42. The molecule has 3 N–H and O–H groups in total. The fraction of sp³-hybridized carbons (Fsp3) is 0.455. The zero-order valence-corrected chi connectivity index (χ0v) is 19.8. The molecule has 3 aromatic heterocycles. The summed E-state index contributed by atoms with van der Waals surface area (Å²) in [5, 5.41) is 17.2. The van der Waals surface area contributed by atoms with Gasteiger partial charge in [-0.1, -0.05) is 6.42 Å². The van der Waals surface area contributed by atoms with Crippen molar-refractivity contribution in [3.05, 3.63) is 47.0 Å². The van der Waals surface area contributed by atoms with Gasteiger partial charge in [0.1, 0.15) is 5.69 Å². The molecule has 0 fully saturated rings. The van der Waals surface area contributed by atoms with Gasteiger partial charge in [0.05, 0.1) is 35.4 Å². The van der Waals surface area contributed by atoms with Crippen molar-refractivity contribution in [2.75, 3.05) is 12.3 Å². The Hall–Kier alpha value is -3.82. The number of pyridine rings is 1. The van der Waals surface area contributed by atoms with E-state index in [0.717, 1.165) is 4.90 Å². The van der Waals surface area contributed by atoms with Crippen molar-refractivity contribution in [3.63, 3.8) is 0 Å². The number of alkyl halides is 6. The van der Waals surface area contributed by atoms with E-state index in [9.17, 15) is 36.2 Å². The number of aliphatic hydroxyl groups is 1. The number of anilines is 1. The number of carbonyl (C=O) groups excluding carboxylic acids is 1. The summed E-state index contributed by atoms with van der Waals surface area (Å²) in [6, 6.07) is 0.422. The third-order valence-corrected chi connectivity index (χ3v) is 5.95. The van der Waals surface area contributed by atoms with E-state index in [2.05, 4.69) is 25.1 Å². The molecule has 0 aromatic carbocycles. The summed E-state index contributed by atoms with van der Waals surface area (Å²) in [5.74, 6) is -3.13. The number of fused-ring (bicyclic) bond motifs is 5. The Morgan fingerprint density at radius 2 is 1.82 bits per heavy atom. The molecule has 4 rings (SSSR count). The van der Waals surface area contributed by atoms with Crippen LogP contribution in [0.5, 0.6) is 0 Å². The molecule has 0 unspecified atom stereocenters. The molecule has 16 heteroatoms. The molecule has 10 nitrogen and oxygen atoms in total. The van der Waals surface area contributed by atoms with Gasteiger partial charge in [0.2, 0.25) is 5.60 Å². The molecule has 4 bridgehead atoms. The highest BCUT2D eigenvalue weighted by Crippen LogP contribution is 2.43. The second kappa shape index (κ2) is 9.81. The summed E-state index contributed by atoms with van der Waals surface area (Å²) in [6.45, 7) is 1.28.